The van der Waals surface area contributed by atoms with Crippen molar-refractivity contribution in [3.63, 3.8) is 0 Å². The van der Waals surface area contributed by atoms with Gasteiger partial charge in [0.05, 0.1) is 6.61 Å². The molecule has 4 nitrogen and oxygen atoms in total. The average molecular weight is 261 g/mol. The van der Waals surface area contributed by atoms with E-state index in [1.807, 2.05) is 13.8 Å². The molecular weight excluding hydrogens is 246 g/mol. The summed E-state index contributed by atoms with van der Waals surface area (Å²) in [6.45, 7) is 3.95. The van der Waals surface area contributed by atoms with Crippen molar-refractivity contribution in [1.29, 1.82) is 0 Å². The second-order valence-electron chi connectivity index (χ2n) is 4.75. The largest absolute Gasteiger partial charge is 0.391 e. The molecule has 0 saturated heterocycles. The van der Waals surface area contributed by atoms with Crippen LogP contribution in [0.4, 0.5) is 0 Å². The molecule has 1 heterocycles. The van der Waals surface area contributed by atoms with Crippen LogP contribution in [0.15, 0.2) is 16.3 Å². The highest BCUT2D eigenvalue weighted by atomic mass is 32.2. The third-order valence-corrected chi connectivity index (χ3v) is 5.90. The zero-order valence-electron chi connectivity index (χ0n) is 9.23. The summed E-state index contributed by atoms with van der Waals surface area (Å²) >= 11 is 1.11. The van der Waals surface area contributed by atoms with Gasteiger partial charge in [-0.15, -0.1) is 11.3 Å². The molecule has 1 aromatic heterocycles. The molecule has 0 aliphatic heterocycles. The van der Waals surface area contributed by atoms with Crippen LogP contribution in [0.2, 0.25) is 0 Å². The lowest BCUT2D eigenvalue weighted by molar-refractivity contribution is 0.285. The zero-order chi connectivity index (χ0) is 12.0. The molecule has 0 radical (unpaired) electrons. The maximum absolute atomic E-state index is 11.9. The van der Waals surface area contributed by atoms with Gasteiger partial charge in [0.1, 0.15) is 4.21 Å². The molecule has 1 aliphatic carbocycles. The molecule has 2 N–H and O–H groups in total. The Morgan fingerprint density at radius 1 is 1.56 bits per heavy atom. The van der Waals surface area contributed by atoms with Gasteiger partial charge >= 0.3 is 0 Å². The van der Waals surface area contributed by atoms with Crippen molar-refractivity contribution in [2.45, 2.75) is 37.1 Å². The highest BCUT2D eigenvalue weighted by Gasteiger charge is 2.48. The molecule has 0 bridgehead atoms. The number of thiophene rings is 1. The van der Waals surface area contributed by atoms with Crippen LogP contribution < -0.4 is 4.72 Å². The van der Waals surface area contributed by atoms with E-state index in [-0.39, 0.29) is 22.3 Å². The van der Waals surface area contributed by atoms with E-state index in [1.165, 1.54) is 6.07 Å². The van der Waals surface area contributed by atoms with E-state index in [1.54, 1.807) is 6.07 Å². The Bertz CT molecular complexity index is 490. The van der Waals surface area contributed by atoms with Crippen LogP contribution in [-0.4, -0.2) is 19.6 Å². The summed E-state index contributed by atoms with van der Waals surface area (Å²) in [4.78, 5) is 0.662. The third kappa shape index (κ3) is 2.29. The van der Waals surface area contributed by atoms with E-state index < -0.39 is 10.0 Å². The highest BCUT2D eigenvalue weighted by molar-refractivity contribution is 7.91. The van der Waals surface area contributed by atoms with Crippen LogP contribution in [0.1, 0.15) is 25.1 Å². The zero-order valence-corrected chi connectivity index (χ0v) is 10.9. The quantitative estimate of drug-likeness (QED) is 0.859. The Balaban J connectivity index is 2.13. The molecule has 0 amide bonds. The Morgan fingerprint density at radius 3 is 2.62 bits per heavy atom. The molecule has 0 spiro atoms. The summed E-state index contributed by atoms with van der Waals surface area (Å²) in [6, 6.07) is 3.21. The second-order valence-corrected chi connectivity index (χ2v) is 7.85. The Kier molecular flexibility index (Phi) is 2.86. The number of aliphatic hydroxyl groups excluding tert-OH is 1. The lowest BCUT2D eigenvalue weighted by atomic mass is 10.2. The first-order chi connectivity index (χ1) is 7.35. The van der Waals surface area contributed by atoms with E-state index in [9.17, 15) is 8.42 Å². The van der Waals surface area contributed by atoms with Crippen molar-refractivity contribution < 1.29 is 13.5 Å². The van der Waals surface area contributed by atoms with E-state index in [0.717, 1.165) is 17.8 Å². The summed E-state index contributed by atoms with van der Waals surface area (Å²) in [5, 5.41) is 8.89. The fourth-order valence-corrected chi connectivity index (χ4v) is 4.14. The molecule has 1 aliphatic rings. The minimum absolute atomic E-state index is 0.0391. The van der Waals surface area contributed by atoms with Crippen LogP contribution in [0.25, 0.3) is 0 Å². The van der Waals surface area contributed by atoms with Crippen molar-refractivity contribution in [3.05, 3.63) is 17.0 Å². The fourth-order valence-electron chi connectivity index (χ4n) is 1.50. The Morgan fingerprint density at radius 2 is 2.19 bits per heavy atom. The lowest BCUT2D eigenvalue weighted by Gasteiger charge is -2.05. The second kappa shape index (κ2) is 3.80. The smallest absolute Gasteiger partial charge is 0.250 e. The summed E-state index contributed by atoms with van der Waals surface area (Å²) in [5.41, 5.74) is 0.0735. The SMILES string of the molecule is CC1(C)CC1NS(=O)(=O)c1ccc(CO)s1. The molecule has 1 fully saturated rings. The molecule has 6 heteroatoms. The summed E-state index contributed by atoms with van der Waals surface area (Å²) in [5.74, 6) is 0. The van der Waals surface area contributed by atoms with Gasteiger partial charge < -0.3 is 5.11 Å². The van der Waals surface area contributed by atoms with Gasteiger partial charge in [0, 0.05) is 10.9 Å². The van der Waals surface area contributed by atoms with E-state index in [0.29, 0.717) is 4.88 Å². The van der Waals surface area contributed by atoms with Gasteiger partial charge in [0.15, 0.2) is 0 Å². The van der Waals surface area contributed by atoms with E-state index in [2.05, 4.69) is 4.72 Å². The predicted molar refractivity (Wildman–Crippen MR) is 62.7 cm³/mol. The topological polar surface area (TPSA) is 66.4 Å². The monoisotopic (exact) mass is 261 g/mol. The van der Waals surface area contributed by atoms with Crippen LogP contribution in [-0.2, 0) is 16.6 Å². The lowest BCUT2D eigenvalue weighted by Crippen LogP contribution is -2.27. The third-order valence-electron chi connectivity index (χ3n) is 2.87. The van der Waals surface area contributed by atoms with Crippen molar-refractivity contribution >= 4 is 21.4 Å². The van der Waals surface area contributed by atoms with Crippen molar-refractivity contribution in [2.24, 2.45) is 5.41 Å². The van der Waals surface area contributed by atoms with E-state index >= 15 is 0 Å². The number of hydrogen-bond acceptors (Lipinski definition) is 4. The maximum Gasteiger partial charge on any atom is 0.250 e. The van der Waals surface area contributed by atoms with Gasteiger partial charge in [0.2, 0.25) is 10.0 Å². The molecule has 90 valence electrons. The van der Waals surface area contributed by atoms with Crippen LogP contribution in [0, 0.1) is 5.41 Å². The fraction of sp³-hybridized carbons (Fsp3) is 0.600. The molecule has 1 aromatic rings. The molecule has 16 heavy (non-hydrogen) atoms. The summed E-state index contributed by atoms with van der Waals surface area (Å²) < 4.78 is 26.8. The molecule has 0 aromatic carbocycles. The predicted octanol–water partition coefficient (Wildman–Crippen LogP) is 1.32. The Hall–Kier alpha value is -0.430. The number of hydrogen-bond donors (Lipinski definition) is 2. The van der Waals surface area contributed by atoms with Crippen molar-refractivity contribution in [1.82, 2.24) is 4.72 Å². The van der Waals surface area contributed by atoms with Gasteiger partial charge in [-0.1, -0.05) is 13.8 Å². The molecule has 2 rings (SSSR count). The highest BCUT2D eigenvalue weighted by Crippen LogP contribution is 2.45. The van der Waals surface area contributed by atoms with Gasteiger partial charge in [-0.3, -0.25) is 0 Å². The van der Waals surface area contributed by atoms with Gasteiger partial charge in [0.25, 0.3) is 0 Å². The minimum Gasteiger partial charge on any atom is -0.391 e. The minimum atomic E-state index is -3.40. The van der Waals surface area contributed by atoms with Gasteiger partial charge in [-0.05, 0) is 24.0 Å². The average Bonchev–Trinajstić information content (AvgIpc) is 2.68. The number of aliphatic hydroxyl groups is 1. The molecule has 1 unspecified atom stereocenters. The van der Waals surface area contributed by atoms with Gasteiger partial charge in [-0.2, -0.15) is 0 Å². The molecule has 1 atom stereocenters. The first-order valence-electron chi connectivity index (χ1n) is 5.07. The van der Waals surface area contributed by atoms with E-state index in [4.69, 9.17) is 5.11 Å². The van der Waals surface area contributed by atoms with Crippen molar-refractivity contribution in [2.75, 3.05) is 0 Å². The van der Waals surface area contributed by atoms with Crippen LogP contribution >= 0.6 is 11.3 Å². The summed E-state index contributed by atoms with van der Waals surface area (Å²) in [7, 11) is -3.40. The maximum atomic E-state index is 11.9. The summed E-state index contributed by atoms with van der Waals surface area (Å²) in [6.07, 6.45) is 0.879. The first kappa shape index (κ1) is 12.0. The standard InChI is InChI=1S/C10H15NO3S2/c1-10(2)5-8(10)11-16(13,14)9-4-3-7(6-12)15-9/h3-4,8,11-12H,5-6H2,1-2H3. The van der Waals surface area contributed by atoms with Crippen LogP contribution in [0.3, 0.4) is 0 Å². The van der Waals surface area contributed by atoms with Crippen molar-refractivity contribution in [3.8, 4) is 0 Å². The number of rotatable bonds is 4. The molecule has 1 saturated carbocycles. The normalized spacial score (nSPS) is 23.3. The number of sulfonamides is 1. The molecular formula is C10H15NO3S2. The Labute approximate surface area is 99.4 Å². The first-order valence-corrected chi connectivity index (χ1v) is 7.37. The van der Waals surface area contributed by atoms with Gasteiger partial charge in [-0.25, -0.2) is 13.1 Å². The van der Waals surface area contributed by atoms with Crippen LogP contribution in [0.5, 0.6) is 0 Å². The number of nitrogens with one attached hydrogen (secondary N) is 1.